The van der Waals surface area contributed by atoms with Crippen LogP contribution in [0, 0.1) is 11.7 Å². The van der Waals surface area contributed by atoms with Crippen molar-refractivity contribution in [2.75, 3.05) is 20.2 Å². The molecule has 1 saturated heterocycles. The number of benzene rings is 2. The highest BCUT2D eigenvalue weighted by atomic mass is 19.1. The normalized spacial score (nSPS) is 15.9. The Labute approximate surface area is 169 Å². The smallest absolute Gasteiger partial charge is 0.337 e. The predicted molar refractivity (Wildman–Crippen MR) is 106 cm³/mol. The summed E-state index contributed by atoms with van der Waals surface area (Å²) < 4.78 is 17.7. The van der Waals surface area contributed by atoms with Crippen LogP contribution < -0.4 is 0 Å². The van der Waals surface area contributed by atoms with E-state index < -0.39 is 5.82 Å². The van der Waals surface area contributed by atoms with Crippen LogP contribution in [0.15, 0.2) is 48.5 Å². The van der Waals surface area contributed by atoms with Gasteiger partial charge in [0.1, 0.15) is 5.82 Å². The van der Waals surface area contributed by atoms with Crippen LogP contribution in [0.3, 0.4) is 0 Å². The number of ketones is 1. The number of nitrogens with zero attached hydrogens (tertiary/aromatic N) is 1. The van der Waals surface area contributed by atoms with Crippen molar-refractivity contribution in [3.63, 3.8) is 0 Å². The first kappa shape index (κ1) is 20.7. The molecule has 1 heterocycles. The third-order valence-corrected chi connectivity index (χ3v) is 5.24. The number of esters is 1. The Morgan fingerprint density at radius 3 is 2.55 bits per heavy atom. The lowest BCUT2D eigenvalue weighted by Crippen LogP contribution is -2.29. The fraction of sp³-hybridized carbons (Fsp3) is 0.348. The van der Waals surface area contributed by atoms with Gasteiger partial charge in [-0.2, -0.15) is 0 Å². The molecule has 1 aliphatic rings. The van der Waals surface area contributed by atoms with Crippen molar-refractivity contribution in [3.8, 4) is 0 Å². The lowest BCUT2D eigenvalue weighted by molar-refractivity contribution is -0.130. The third kappa shape index (κ3) is 5.50. The van der Waals surface area contributed by atoms with Gasteiger partial charge in [-0.05, 0) is 60.7 Å². The summed E-state index contributed by atoms with van der Waals surface area (Å²) in [7, 11) is 1.36. The number of amides is 1. The summed E-state index contributed by atoms with van der Waals surface area (Å²) in [6.45, 7) is 1.32. The van der Waals surface area contributed by atoms with Gasteiger partial charge in [0.25, 0.3) is 0 Å². The molecule has 0 N–H and O–H groups in total. The quantitative estimate of drug-likeness (QED) is 0.528. The van der Waals surface area contributed by atoms with E-state index in [0.717, 1.165) is 18.4 Å². The Morgan fingerprint density at radius 2 is 1.83 bits per heavy atom. The largest absolute Gasteiger partial charge is 0.465 e. The number of hydrogen-bond donors (Lipinski definition) is 0. The molecule has 0 aromatic heterocycles. The van der Waals surface area contributed by atoms with Crippen molar-refractivity contribution in [2.24, 2.45) is 5.92 Å². The van der Waals surface area contributed by atoms with Gasteiger partial charge >= 0.3 is 5.97 Å². The number of carbonyl (C=O) groups excluding carboxylic acids is 3. The number of likely N-dealkylation sites (tertiary alicyclic amines) is 1. The van der Waals surface area contributed by atoms with E-state index in [-0.39, 0.29) is 30.5 Å². The van der Waals surface area contributed by atoms with Gasteiger partial charge in [0.15, 0.2) is 5.78 Å². The zero-order valence-electron chi connectivity index (χ0n) is 16.4. The Hall–Kier alpha value is -3.02. The monoisotopic (exact) mass is 397 g/mol. The van der Waals surface area contributed by atoms with Crippen LogP contribution in [0.25, 0.3) is 0 Å². The highest BCUT2D eigenvalue weighted by molar-refractivity contribution is 5.97. The number of ether oxygens (including phenoxy) is 1. The Bertz CT molecular complexity index is 894. The van der Waals surface area contributed by atoms with E-state index in [4.69, 9.17) is 4.74 Å². The fourth-order valence-electron chi connectivity index (χ4n) is 3.66. The van der Waals surface area contributed by atoms with E-state index in [0.29, 0.717) is 30.1 Å². The molecule has 1 aliphatic heterocycles. The van der Waals surface area contributed by atoms with Gasteiger partial charge in [-0.3, -0.25) is 9.59 Å². The van der Waals surface area contributed by atoms with E-state index >= 15 is 0 Å². The SMILES string of the molecule is COC(=O)c1cccc(CC2CCN(C(=O)CCC(=O)c3ccc(F)cc3)C2)c1. The average Bonchev–Trinajstić information content (AvgIpc) is 3.20. The van der Waals surface area contributed by atoms with E-state index in [9.17, 15) is 18.8 Å². The van der Waals surface area contributed by atoms with Gasteiger partial charge in [-0.25, -0.2) is 9.18 Å². The van der Waals surface area contributed by atoms with Crippen molar-refractivity contribution in [3.05, 3.63) is 71.0 Å². The number of halogens is 1. The molecule has 6 heteroatoms. The summed E-state index contributed by atoms with van der Waals surface area (Å²) in [4.78, 5) is 38.1. The second kappa shape index (κ2) is 9.45. The van der Waals surface area contributed by atoms with Gasteiger partial charge in [-0.1, -0.05) is 12.1 Å². The predicted octanol–water partition coefficient (Wildman–Crippen LogP) is 3.67. The van der Waals surface area contributed by atoms with Gasteiger partial charge in [-0.15, -0.1) is 0 Å². The molecule has 0 aliphatic carbocycles. The highest BCUT2D eigenvalue weighted by Gasteiger charge is 2.26. The number of carbonyl (C=O) groups is 3. The fourth-order valence-corrected chi connectivity index (χ4v) is 3.66. The first-order chi connectivity index (χ1) is 14.0. The van der Waals surface area contributed by atoms with Gasteiger partial charge < -0.3 is 9.64 Å². The van der Waals surface area contributed by atoms with Crippen LogP contribution >= 0.6 is 0 Å². The molecule has 1 atom stereocenters. The minimum absolute atomic E-state index is 0.0359. The molecule has 29 heavy (non-hydrogen) atoms. The van der Waals surface area contributed by atoms with E-state index in [1.165, 1.54) is 31.4 Å². The maximum Gasteiger partial charge on any atom is 0.337 e. The summed E-state index contributed by atoms with van der Waals surface area (Å²) in [5.74, 6) is -0.626. The molecule has 0 bridgehead atoms. The van der Waals surface area contributed by atoms with Gasteiger partial charge in [0, 0.05) is 31.5 Å². The van der Waals surface area contributed by atoms with Crippen molar-refractivity contribution in [1.29, 1.82) is 0 Å². The second-order valence-corrected chi connectivity index (χ2v) is 7.32. The number of Topliss-reactive ketones (excluding diaryl/α,β-unsaturated/α-hetero) is 1. The first-order valence-electron chi connectivity index (χ1n) is 9.70. The van der Waals surface area contributed by atoms with Crippen molar-refractivity contribution in [2.45, 2.75) is 25.7 Å². The minimum atomic E-state index is -0.391. The molecule has 5 nitrogen and oxygen atoms in total. The molecule has 152 valence electrons. The summed E-state index contributed by atoms with van der Waals surface area (Å²) >= 11 is 0. The van der Waals surface area contributed by atoms with E-state index in [2.05, 4.69) is 0 Å². The van der Waals surface area contributed by atoms with E-state index in [1.807, 2.05) is 18.2 Å². The zero-order valence-corrected chi connectivity index (χ0v) is 16.4. The molecule has 2 aromatic rings. The van der Waals surface area contributed by atoms with Gasteiger partial charge in [0.05, 0.1) is 12.7 Å². The third-order valence-electron chi connectivity index (χ3n) is 5.24. The average molecular weight is 397 g/mol. The molecule has 1 unspecified atom stereocenters. The molecular weight excluding hydrogens is 373 g/mol. The molecule has 1 fully saturated rings. The van der Waals surface area contributed by atoms with E-state index in [1.54, 1.807) is 11.0 Å². The molecule has 0 spiro atoms. The maximum atomic E-state index is 12.9. The van der Waals surface area contributed by atoms with Gasteiger partial charge in [0.2, 0.25) is 5.91 Å². The minimum Gasteiger partial charge on any atom is -0.465 e. The molecule has 1 amide bonds. The van der Waals surface area contributed by atoms with Crippen LogP contribution in [-0.2, 0) is 16.0 Å². The molecule has 2 aromatic carbocycles. The zero-order chi connectivity index (χ0) is 20.8. The Morgan fingerprint density at radius 1 is 1.07 bits per heavy atom. The highest BCUT2D eigenvalue weighted by Crippen LogP contribution is 2.22. The van der Waals surface area contributed by atoms with Crippen LogP contribution in [0.1, 0.15) is 45.5 Å². The lowest BCUT2D eigenvalue weighted by atomic mass is 9.97. The van der Waals surface area contributed by atoms with Crippen molar-refractivity contribution in [1.82, 2.24) is 4.90 Å². The summed E-state index contributed by atoms with van der Waals surface area (Å²) in [6, 6.07) is 12.7. The summed E-state index contributed by atoms with van der Waals surface area (Å²) in [6.07, 6.45) is 1.94. The topological polar surface area (TPSA) is 63.7 Å². The summed E-state index contributed by atoms with van der Waals surface area (Å²) in [5, 5.41) is 0. The number of rotatable bonds is 7. The molecule has 0 radical (unpaired) electrons. The maximum absolute atomic E-state index is 12.9. The number of methoxy groups -OCH3 is 1. The number of hydrogen-bond acceptors (Lipinski definition) is 4. The van der Waals surface area contributed by atoms with Crippen molar-refractivity contribution >= 4 is 17.7 Å². The second-order valence-electron chi connectivity index (χ2n) is 7.32. The van der Waals surface area contributed by atoms with Crippen LogP contribution in [0.4, 0.5) is 4.39 Å². The van der Waals surface area contributed by atoms with Crippen molar-refractivity contribution < 1.29 is 23.5 Å². The molecule has 3 rings (SSSR count). The van der Waals surface area contributed by atoms with Crippen LogP contribution in [-0.4, -0.2) is 42.8 Å². The first-order valence-corrected chi connectivity index (χ1v) is 9.70. The standard InChI is InChI=1S/C23H24FNO4/c1-29-23(28)19-4-2-3-16(14-19)13-17-11-12-25(15-17)22(27)10-9-21(26)18-5-7-20(24)8-6-18/h2-8,14,17H,9-13,15H2,1H3. The lowest BCUT2D eigenvalue weighted by Gasteiger charge is -2.16. The molecule has 0 saturated carbocycles. The van der Waals surface area contributed by atoms with Crippen LogP contribution in [0.2, 0.25) is 0 Å². The summed E-state index contributed by atoms with van der Waals surface area (Å²) in [5.41, 5.74) is 1.98. The Kier molecular flexibility index (Phi) is 6.75. The van der Waals surface area contributed by atoms with Crippen LogP contribution in [0.5, 0.6) is 0 Å². The molecular formula is C23H24FNO4. The Balaban J connectivity index is 1.49.